The van der Waals surface area contributed by atoms with Gasteiger partial charge < -0.3 is 9.47 Å². The van der Waals surface area contributed by atoms with Gasteiger partial charge in [0, 0.05) is 0 Å². The second-order valence-corrected chi connectivity index (χ2v) is 4.23. The molecule has 2 rings (SSSR count). The Labute approximate surface area is 111 Å². The zero-order valence-electron chi connectivity index (χ0n) is 10.4. The van der Waals surface area contributed by atoms with Crippen LogP contribution < -0.4 is 9.47 Å². The van der Waals surface area contributed by atoms with Gasteiger partial charge in [0.1, 0.15) is 12.1 Å². The van der Waals surface area contributed by atoms with Gasteiger partial charge in [0.2, 0.25) is 5.75 Å². The number of rotatable bonds is 3. The van der Waals surface area contributed by atoms with Crippen molar-refractivity contribution in [3.05, 3.63) is 40.8 Å². The summed E-state index contributed by atoms with van der Waals surface area (Å²) < 4.78 is 10.9. The fourth-order valence-corrected chi connectivity index (χ4v) is 1.70. The SMILES string of the molecule is COc1c(Cl)ncnc1Oc1cc(C)ccc1C. The largest absolute Gasteiger partial charge is 0.489 e. The minimum absolute atomic E-state index is 0.229. The van der Waals surface area contributed by atoms with Crippen molar-refractivity contribution in [3.8, 4) is 17.4 Å². The highest BCUT2D eigenvalue weighted by Crippen LogP contribution is 2.34. The molecule has 1 aromatic carbocycles. The lowest BCUT2D eigenvalue weighted by atomic mass is 10.1. The average Bonchev–Trinajstić information content (AvgIpc) is 2.34. The van der Waals surface area contributed by atoms with Crippen LogP contribution in [-0.4, -0.2) is 17.1 Å². The summed E-state index contributed by atoms with van der Waals surface area (Å²) >= 11 is 5.91. The van der Waals surface area contributed by atoms with Gasteiger partial charge in [-0.15, -0.1) is 0 Å². The minimum atomic E-state index is 0.229. The van der Waals surface area contributed by atoms with E-state index in [1.54, 1.807) is 0 Å². The maximum atomic E-state index is 5.91. The molecule has 0 N–H and O–H groups in total. The Morgan fingerprint density at radius 2 is 1.94 bits per heavy atom. The van der Waals surface area contributed by atoms with Crippen molar-refractivity contribution in [2.75, 3.05) is 7.11 Å². The van der Waals surface area contributed by atoms with Crippen molar-refractivity contribution in [2.45, 2.75) is 13.8 Å². The van der Waals surface area contributed by atoms with Gasteiger partial charge in [-0.3, -0.25) is 0 Å². The Balaban J connectivity index is 2.40. The Kier molecular flexibility index (Phi) is 3.67. The summed E-state index contributed by atoms with van der Waals surface area (Å²) in [6.07, 6.45) is 1.34. The summed E-state index contributed by atoms with van der Waals surface area (Å²) in [7, 11) is 1.50. The predicted molar refractivity (Wildman–Crippen MR) is 69.6 cm³/mol. The Morgan fingerprint density at radius 3 is 2.67 bits per heavy atom. The van der Waals surface area contributed by atoms with Crippen LogP contribution in [0.2, 0.25) is 5.15 Å². The van der Waals surface area contributed by atoms with E-state index < -0.39 is 0 Å². The number of benzene rings is 1. The number of aryl methyl sites for hydroxylation is 2. The van der Waals surface area contributed by atoms with Gasteiger partial charge in [0.05, 0.1) is 7.11 Å². The molecule has 0 saturated heterocycles. The molecular weight excluding hydrogens is 252 g/mol. The fourth-order valence-electron chi connectivity index (χ4n) is 1.50. The molecule has 5 heteroatoms. The Bertz CT molecular complexity index is 573. The normalized spacial score (nSPS) is 10.2. The van der Waals surface area contributed by atoms with E-state index in [2.05, 4.69) is 9.97 Å². The summed E-state index contributed by atoms with van der Waals surface area (Å²) in [6.45, 7) is 3.96. The standard InChI is InChI=1S/C13H13ClN2O2/c1-8-4-5-9(2)10(6-8)18-13-11(17-3)12(14)15-7-16-13/h4-7H,1-3H3. The van der Waals surface area contributed by atoms with E-state index in [1.807, 2.05) is 32.0 Å². The van der Waals surface area contributed by atoms with E-state index in [0.717, 1.165) is 16.9 Å². The Morgan fingerprint density at radius 1 is 1.17 bits per heavy atom. The first kappa shape index (κ1) is 12.6. The van der Waals surface area contributed by atoms with Crippen LogP contribution in [0.1, 0.15) is 11.1 Å². The molecule has 0 unspecified atom stereocenters. The van der Waals surface area contributed by atoms with Crippen molar-refractivity contribution in [2.24, 2.45) is 0 Å². The summed E-state index contributed by atoms with van der Waals surface area (Å²) in [5.41, 5.74) is 2.12. The predicted octanol–water partition coefficient (Wildman–Crippen LogP) is 3.55. The molecule has 0 saturated carbocycles. The lowest BCUT2D eigenvalue weighted by molar-refractivity contribution is 0.366. The van der Waals surface area contributed by atoms with Crippen LogP contribution in [0.4, 0.5) is 0 Å². The molecule has 0 aliphatic heterocycles. The maximum absolute atomic E-state index is 5.91. The molecule has 0 amide bonds. The molecule has 1 aromatic heterocycles. The van der Waals surface area contributed by atoms with Gasteiger partial charge in [-0.05, 0) is 31.0 Å². The van der Waals surface area contributed by atoms with E-state index in [4.69, 9.17) is 21.1 Å². The molecule has 2 aromatic rings. The zero-order chi connectivity index (χ0) is 13.1. The highest BCUT2D eigenvalue weighted by Gasteiger charge is 2.13. The molecule has 0 aliphatic carbocycles. The zero-order valence-corrected chi connectivity index (χ0v) is 11.2. The lowest BCUT2D eigenvalue weighted by Gasteiger charge is -2.11. The number of ether oxygens (including phenoxy) is 2. The van der Waals surface area contributed by atoms with Crippen LogP contribution in [0.5, 0.6) is 17.4 Å². The second-order valence-electron chi connectivity index (χ2n) is 3.87. The molecule has 94 valence electrons. The van der Waals surface area contributed by atoms with Crippen LogP contribution in [0, 0.1) is 13.8 Å². The molecule has 0 fully saturated rings. The molecule has 0 bridgehead atoms. The number of nitrogens with zero attached hydrogens (tertiary/aromatic N) is 2. The highest BCUT2D eigenvalue weighted by molar-refractivity contribution is 6.31. The smallest absolute Gasteiger partial charge is 0.267 e. The third-order valence-electron chi connectivity index (χ3n) is 2.48. The third-order valence-corrected chi connectivity index (χ3v) is 2.75. The van der Waals surface area contributed by atoms with Crippen molar-refractivity contribution in [1.29, 1.82) is 0 Å². The average molecular weight is 265 g/mol. The summed E-state index contributed by atoms with van der Waals surface area (Å²) in [5.74, 6) is 1.37. The maximum Gasteiger partial charge on any atom is 0.267 e. The van der Waals surface area contributed by atoms with Crippen LogP contribution in [0.15, 0.2) is 24.5 Å². The minimum Gasteiger partial charge on any atom is -0.489 e. The Hall–Kier alpha value is -1.81. The summed E-state index contributed by atoms with van der Waals surface area (Å²) in [5, 5.41) is 0.229. The fraction of sp³-hybridized carbons (Fsp3) is 0.231. The lowest BCUT2D eigenvalue weighted by Crippen LogP contribution is -1.97. The molecule has 0 aliphatic rings. The molecule has 0 spiro atoms. The van der Waals surface area contributed by atoms with E-state index in [9.17, 15) is 0 Å². The third kappa shape index (κ3) is 2.54. The van der Waals surface area contributed by atoms with E-state index in [1.165, 1.54) is 13.4 Å². The highest BCUT2D eigenvalue weighted by atomic mass is 35.5. The quantitative estimate of drug-likeness (QED) is 0.796. The molecule has 0 radical (unpaired) electrons. The van der Waals surface area contributed by atoms with Gasteiger partial charge in [-0.25, -0.2) is 4.98 Å². The van der Waals surface area contributed by atoms with Crippen molar-refractivity contribution >= 4 is 11.6 Å². The first-order valence-electron chi connectivity index (χ1n) is 5.41. The second kappa shape index (κ2) is 5.23. The van der Waals surface area contributed by atoms with Crippen molar-refractivity contribution in [1.82, 2.24) is 9.97 Å². The summed E-state index contributed by atoms with van der Waals surface area (Å²) in [4.78, 5) is 7.88. The topological polar surface area (TPSA) is 44.2 Å². The number of aromatic nitrogens is 2. The van der Waals surface area contributed by atoms with Crippen molar-refractivity contribution < 1.29 is 9.47 Å². The number of halogens is 1. The first-order chi connectivity index (χ1) is 8.61. The first-order valence-corrected chi connectivity index (χ1v) is 5.79. The van der Waals surface area contributed by atoms with Crippen LogP contribution in [0.25, 0.3) is 0 Å². The van der Waals surface area contributed by atoms with Gasteiger partial charge in [0.25, 0.3) is 5.88 Å². The van der Waals surface area contributed by atoms with E-state index >= 15 is 0 Å². The van der Waals surface area contributed by atoms with Crippen LogP contribution in [-0.2, 0) is 0 Å². The van der Waals surface area contributed by atoms with E-state index in [-0.39, 0.29) is 5.15 Å². The molecular formula is C13H13ClN2O2. The van der Waals surface area contributed by atoms with Gasteiger partial charge >= 0.3 is 0 Å². The van der Waals surface area contributed by atoms with Gasteiger partial charge in [-0.2, -0.15) is 4.98 Å². The van der Waals surface area contributed by atoms with E-state index in [0.29, 0.717) is 11.6 Å². The monoisotopic (exact) mass is 264 g/mol. The molecule has 0 atom stereocenters. The molecule has 18 heavy (non-hydrogen) atoms. The molecule has 1 heterocycles. The van der Waals surface area contributed by atoms with Crippen molar-refractivity contribution in [3.63, 3.8) is 0 Å². The van der Waals surface area contributed by atoms with Crippen LogP contribution >= 0.6 is 11.6 Å². The number of methoxy groups -OCH3 is 1. The van der Waals surface area contributed by atoms with Crippen LogP contribution in [0.3, 0.4) is 0 Å². The molecule has 4 nitrogen and oxygen atoms in total. The van der Waals surface area contributed by atoms with Gasteiger partial charge in [0.15, 0.2) is 5.15 Å². The number of hydrogen-bond acceptors (Lipinski definition) is 4. The summed E-state index contributed by atoms with van der Waals surface area (Å²) in [6, 6.07) is 5.94. The number of hydrogen-bond donors (Lipinski definition) is 0. The van der Waals surface area contributed by atoms with Gasteiger partial charge in [-0.1, -0.05) is 23.7 Å².